The highest BCUT2D eigenvalue weighted by Gasteiger charge is 2.03. The van der Waals surface area contributed by atoms with Crippen LogP contribution in [-0.4, -0.2) is 24.5 Å². The number of carbonyl (C=O) groups excluding carboxylic acids is 1. The van der Waals surface area contributed by atoms with Crippen LogP contribution in [0.15, 0.2) is 0 Å². The summed E-state index contributed by atoms with van der Waals surface area (Å²) in [4.78, 5) is 16.6. The molecule has 1 aromatic rings. The summed E-state index contributed by atoms with van der Waals surface area (Å²) >= 11 is 1.70. The molecule has 1 rings (SSSR count). The van der Waals surface area contributed by atoms with Crippen LogP contribution in [0.4, 0.5) is 0 Å². The SMILES string of the molecule is CNC(=O)CCNCc1nc(C)c(C)s1. The Hall–Kier alpha value is -0.940. The molecule has 0 fully saturated rings. The first kappa shape index (κ1) is 12.1. The maximum atomic E-state index is 10.9. The van der Waals surface area contributed by atoms with E-state index in [9.17, 15) is 4.79 Å². The van der Waals surface area contributed by atoms with Gasteiger partial charge in [0.1, 0.15) is 5.01 Å². The van der Waals surface area contributed by atoms with Crippen molar-refractivity contribution in [3.05, 3.63) is 15.6 Å². The average Bonchev–Trinajstić information content (AvgIpc) is 2.53. The van der Waals surface area contributed by atoms with Gasteiger partial charge in [-0.3, -0.25) is 4.79 Å². The van der Waals surface area contributed by atoms with E-state index in [4.69, 9.17) is 0 Å². The van der Waals surface area contributed by atoms with Crippen LogP contribution in [0.3, 0.4) is 0 Å². The van der Waals surface area contributed by atoms with E-state index in [1.54, 1.807) is 18.4 Å². The number of aromatic nitrogens is 1. The van der Waals surface area contributed by atoms with Crippen molar-refractivity contribution >= 4 is 17.2 Å². The van der Waals surface area contributed by atoms with E-state index in [-0.39, 0.29) is 5.91 Å². The average molecular weight is 227 g/mol. The number of hydrogen-bond acceptors (Lipinski definition) is 4. The molecule has 0 aromatic carbocycles. The molecule has 84 valence electrons. The van der Waals surface area contributed by atoms with E-state index in [2.05, 4.69) is 22.5 Å². The molecule has 0 aliphatic heterocycles. The van der Waals surface area contributed by atoms with Gasteiger partial charge in [0.25, 0.3) is 0 Å². The lowest BCUT2D eigenvalue weighted by atomic mass is 10.4. The molecule has 0 aliphatic rings. The minimum atomic E-state index is 0.0639. The van der Waals surface area contributed by atoms with Gasteiger partial charge in [0.15, 0.2) is 0 Å². The number of nitrogens with zero attached hydrogens (tertiary/aromatic N) is 1. The lowest BCUT2D eigenvalue weighted by Gasteiger charge is -2.01. The molecule has 0 atom stereocenters. The highest BCUT2D eigenvalue weighted by atomic mass is 32.1. The van der Waals surface area contributed by atoms with E-state index >= 15 is 0 Å². The smallest absolute Gasteiger partial charge is 0.221 e. The van der Waals surface area contributed by atoms with Crippen LogP contribution in [0.2, 0.25) is 0 Å². The van der Waals surface area contributed by atoms with Crippen LogP contribution in [0.25, 0.3) is 0 Å². The molecular formula is C10H17N3OS. The van der Waals surface area contributed by atoms with E-state index in [1.807, 2.05) is 6.92 Å². The third-order valence-corrected chi connectivity index (χ3v) is 3.23. The van der Waals surface area contributed by atoms with Gasteiger partial charge in [-0.05, 0) is 13.8 Å². The van der Waals surface area contributed by atoms with Gasteiger partial charge in [0, 0.05) is 31.4 Å². The molecule has 1 aromatic heterocycles. The summed E-state index contributed by atoms with van der Waals surface area (Å²) in [5, 5.41) is 6.86. The van der Waals surface area contributed by atoms with Crippen molar-refractivity contribution < 1.29 is 4.79 Å². The number of aryl methyl sites for hydroxylation is 2. The molecular weight excluding hydrogens is 210 g/mol. The topological polar surface area (TPSA) is 54.0 Å². The molecule has 0 radical (unpaired) electrons. The summed E-state index contributed by atoms with van der Waals surface area (Å²) in [6.45, 7) is 5.52. The van der Waals surface area contributed by atoms with Crippen molar-refractivity contribution in [3.63, 3.8) is 0 Å². The van der Waals surface area contributed by atoms with Crippen molar-refractivity contribution in [3.8, 4) is 0 Å². The second kappa shape index (κ2) is 5.82. The van der Waals surface area contributed by atoms with Crippen molar-refractivity contribution in [1.82, 2.24) is 15.6 Å². The molecule has 1 amide bonds. The quantitative estimate of drug-likeness (QED) is 0.737. The zero-order valence-electron chi connectivity index (χ0n) is 9.39. The number of thiazole rings is 1. The van der Waals surface area contributed by atoms with Gasteiger partial charge in [-0.15, -0.1) is 11.3 Å². The maximum Gasteiger partial charge on any atom is 0.221 e. The standard InChI is InChI=1S/C10H17N3OS/c1-7-8(2)15-10(13-7)6-12-5-4-9(14)11-3/h12H,4-6H2,1-3H3,(H,11,14). The van der Waals surface area contributed by atoms with Crippen molar-refractivity contribution in [1.29, 1.82) is 0 Å². The van der Waals surface area contributed by atoms with Crippen LogP contribution in [-0.2, 0) is 11.3 Å². The summed E-state index contributed by atoms with van der Waals surface area (Å²) < 4.78 is 0. The first-order valence-electron chi connectivity index (χ1n) is 4.97. The zero-order chi connectivity index (χ0) is 11.3. The van der Waals surface area contributed by atoms with Crippen molar-refractivity contribution in [2.75, 3.05) is 13.6 Å². The molecule has 0 saturated carbocycles. The Labute approximate surface area is 94.1 Å². The van der Waals surface area contributed by atoms with Crippen LogP contribution in [0, 0.1) is 13.8 Å². The normalized spacial score (nSPS) is 10.3. The van der Waals surface area contributed by atoms with Crippen molar-refractivity contribution in [2.24, 2.45) is 0 Å². The number of nitrogens with one attached hydrogen (secondary N) is 2. The molecule has 0 unspecified atom stereocenters. The molecule has 5 heteroatoms. The van der Waals surface area contributed by atoms with E-state index < -0.39 is 0 Å². The summed E-state index contributed by atoms with van der Waals surface area (Å²) in [5.41, 5.74) is 1.10. The van der Waals surface area contributed by atoms with Gasteiger partial charge in [-0.2, -0.15) is 0 Å². The monoisotopic (exact) mass is 227 g/mol. The molecule has 0 bridgehead atoms. The van der Waals surface area contributed by atoms with Crippen LogP contribution in [0.1, 0.15) is 22.0 Å². The van der Waals surface area contributed by atoms with E-state index in [0.29, 0.717) is 13.0 Å². The van der Waals surface area contributed by atoms with Gasteiger partial charge in [-0.25, -0.2) is 4.98 Å². The number of carbonyl (C=O) groups is 1. The molecule has 4 nitrogen and oxygen atoms in total. The third kappa shape index (κ3) is 3.97. The van der Waals surface area contributed by atoms with E-state index in [0.717, 1.165) is 17.2 Å². The Morgan fingerprint density at radius 2 is 2.20 bits per heavy atom. The summed E-state index contributed by atoms with van der Waals surface area (Å²) in [5.74, 6) is 0.0639. The Morgan fingerprint density at radius 1 is 1.47 bits per heavy atom. The van der Waals surface area contributed by atoms with Crippen LogP contribution >= 0.6 is 11.3 Å². The molecule has 2 N–H and O–H groups in total. The molecule has 15 heavy (non-hydrogen) atoms. The first-order valence-corrected chi connectivity index (χ1v) is 5.79. The fourth-order valence-corrected chi connectivity index (χ4v) is 2.04. The number of amides is 1. The lowest BCUT2D eigenvalue weighted by Crippen LogP contribution is -2.24. The second-order valence-corrected chi connectivity index (χ2v) is 4.64. The molecule has 1 heterocycles. The Morgan fingerprint density at radius 3 is 2.73 bits per heavy atom. The predicted molar refractivity (Wildman–Crippen MR) is 62.0 cm³/mol. The minimum Gasteiger partial charge on any atom is -0.359 e. The molecule has 0 aliphatic carbocycles. The van der Waals surface area contributed by atoms with Gasteiger partial charge in [-0.1, -0.05) is 0 Å². The zero-order valence-corrected chi connectivity index (χ0v) is 10.2. The Balaban J connectivity index is 2.23. The lowest BCUT2D eigenvalue weighted by molar-refractivity contribution is -0.120. The highest BCUT2D eigenvalue weighted by molar-refractivity contribution is 7.11. The largest absolute Gasteiger partial charge is 0.359 e. The second-order valence-electron chi connectivity index (χ2n) is 3.35. The van der Waals surface area contributed by atoms with E-state index in [1.165, 1.54) is 4.88 Å². The fraction of sp³-hybridized carbons (Fsp3) is 0.600. The Bertz CT molecular complexity index is 316. The molecule has 0 spiro atoms. The summed E-state index contributed by atoms with van der Waals surface area (Å²) in [6.07, 6.45) is 0.514. The maximum absolute atomic E-state index is 10.9. The number of hydrogen-bond donors (Lipinski definition) is 2. The summed E-state index contributed by atoms with van der Waals surface area (Å²) in [7, 11) is 1.65. The molecule has 0 saturated heterocycles. The predicted octanol–water partition coefficient (Wildman–Crippen LogP) is 0.986. The van der Waals surface area contributed by atoms with Crippen LogP contribution in [0.5, 0.6) is 0 Å². The van der Waals surface area contributed by atoms with Gasteiger partial charge >= 0.3 is 0 Å². The van der Waals surface area contributed by atoms with Crippen LogP contribution < -0.4 is 10.6 Å². The summed E-state index contributed by atoms with van der Waals surface area (Å²) in [6, 6.07) is 0. The van der Waals surface area contributed by atoms with Gasteiger partial charge in [0.2, 0.25) is 5.91 Å². The van der Waals surface area contributed by atoms with Gasteiger partial charge in [0.05, 0.1) is 5.69 Å². The van der Waals surface area contributed by atoms with Crippen molar-refractivity contribution in [2.45, 2.75) is 26.8 Å². The highest BCUT2D eigenvalue weighted by Crippen LogP contribution is 2.15. The fourth-order valence-electron chi connectivity index (χ4n) is 1.14. The first-order chi connectivity index (χ1) is 7.13. The minimum absolute atomic E-state index is 0.0639. The van der Waals surface area contributed by atoms with Gasteiger partial charge < -0.3 is 10.6 Å². The number of rotatable bonds is 5. The Kier molecular flexibility index (Phi) is 4.71. The third-order valence-electron chi connectivity index (χ3n) is 2.16.